The van der Waals surface area contributed by atoms with Crippen LogP contribution in [0.5, 0.6) is 0 Å². The maximum absolute atomic E-state index is 5.71. The van der Waals surface area contributed by atoms with E-state index in [2.05, 4.69) is 25.9 Å². The van der Waals surface area contributed by atoms with Gasteiger partial charge in [0.1, 0.15) is 0 Å². The van der Waals surface area contributed by atoms with Gasteiger partial charge in [-0.2, -0.15) is 0 Å². The largest absolute Gasteiger partial charge is 0.329 e. The Kier molecular flexibility index (Phi) is 1.85. The Morgan fingerprint density at radius 3 is 3.00 bits per heavy atom. The molecule has 4 heteroatoms. The van der Waals surface area contributed by atoms with Gasteiger partial charge in [0.2, 0.25) is 5.28 Å². The number of nitrogens with one attached hydrogen (secondary N) is 1. The van der Waals surface area contributed by atoms with Crippen molar-refractivity contribution < 1.29 is 0 Å². The first-order valence-electron chi connectivity index (χ1n) is 3.48. The van der Waals surface area contributed by atoms with Gasteiger partial charge < -0.3 is 4.98 Å². The van der Waals surface area contributed by atoms with E-state index in [1.54, 1.807) is 0 Å². The molecule has 2 rings (SSSR count). The molecular weight excluding hydrogens is 239 g/mol. The van der Waals surface area contributed by atoms with Gasteiger partial charge >= 0.3 is 0 Å². The number of imidazole rings is 1. The highest BCUT2D eigenvalue weighted by molar-refractivity contribution is 9.10. The van der Waals surface area contributed by atoms with Crippen LogP contribution in [0.3, 0.4) is 0 Å². The lowest BCUT2D eigenvalue weighted by Crippen LogP contribution is -1.75. The highest BCUT2D eigenvalue weighted by Crippen LogP contribution is 2.23. The number of fused-ring (bicyclic) bond motifs is 1. The van der Waals surface area contributed by atoms with E-state index in [0.29, 0.717) is 5.28 Å². The molecule has 12 heavy (non-hydrogen) atoms. The molecule has 0 bridgehead atoms. The van der Waals surface area contributed by atoms with Gasteiger partial charge in [0, 0.05) is 4.47 Å². The molecule has 1 aromatic carbocycles. The Morgan fingerprint density at radius 1 is 1.50 bits per heavy atom. The summed E-state index contributed by atoms with van der Waals surface area (Å²) in [5.41, 5.74) is 3.03. The predicted molar refractivity (Wildman–Crippen MR) is 53.5 cm³/mol. The number of benzene rings is 1. The maximum Gasteiger partial charge on any atom is 0.201 e. The fourth-order valence-corrected chi connectivity index (χ4v) is 1.63. The molecule has 0 unspecified atom stereocenters. The van der Waals surface area contributed by atoms with E-state index in [-0.39, 0.29) is 0 Å². The van der Waals surface area contributed by atoms with Crippen molar-refractivity contribution in [3.05, 3.63) is 27.5 Å². The van der Waals surface area contributed by atoms with Crippen LogP contribution in [0.15, 0.2) is 16.6 Å². The first-order valence-corrected chi connectivity index (χ1v) is 4.65. The molecular formula is C8H6BrClN2. The van der Waals surface area contributed by atoms with Gasteiger partial charge in [0.05, 0.1) is 11.0 Å². The summed E-state index contributed by atoms with van der Waals surface area (Å²) in [6.07, 6.45) is 0. The smallest absolute Gasteiger partial charge is 0.201 e. The fourth-order valence-electron chi connectivity index (χ4n) is 1.11. The molecule has 0 saturated carbocycles. The zero-order valence-electron chi connectivity index (χ0n) is 6.36. The number of hydrogen-bond acceptors (Lipinski definition) is 1. The van der Waals surface area contributed by atoms with Gasteiger partial charge in [0.15, 0.2) is 0 Å². The Bertz CT molecular complexity index is 397. The van der Waals surface area contributed by atoms with Crippen LogP contribution < -0.4 is 0 Å². The molecule has 2 aromatic rings. The summed E-state index contributed by atoms with van der Waals surface area (Å²) >= 11 is 9.13. The van der Waals surface area contributed by atoms with Crippen molar-refractivity contribution >= 4 is 38.6 Å². The van der Waals surface area contributed by atoms with Gasteiger partial charge in [-0.15, -0.1) is 0 Å². The van der Waals surface area contributed by atoms with Gasteiger partial charge in [-0.1, -0.05) is 15.9 Å². The Balaban J connectivity index is 2.83. The van der Waals surface area contributed by atoms with Crippen molar-refractivity contribution in [1.29, 1.82) is 0 Å². The van der Waals surface area contributed by atoms with Crippen LogP contribution in [0.2, 0.25) is 5.28 Å². The molecule has 62 valence electrons. The van der Waals surface area contributed by atoms with E-state index in [1.165, 1.54) is 5.56 Å². The van der Waals surface area contributed by atoms with Gasteiger partial charge in [-0.05, 0) is 36.2 Å². The topological polar surface area (TPSA) is 28.7 Å². The van der Waals surface area contributed by atoms with Gasteiger partial charge in [0.25, 0.3) is 0 Å². The van der Waals surface area contributed by atoms with Crippen LogP contribution in [0.25, 0.3) is 11.0 Å². The number of nitrogens with zero attached hydrogens (tertiary/aromatic N) is 1. The molecule has 0 aliphatic rings. The number of aromatic nitrogens is 2. The SMILES string of the molecule is Cc1cc2[nH]c(Cl)nc2cc1Br. The van der Waals surface area contributed by atoms with Crippen molar-refractivity contribution in [1.82, 2.24) is 9.97 Å². The van der Waals surface area contributed by atoms with Crippen molar-refractivity contribution in [3.63, 3.8) is 0 Å². The number of halogens is 2. The fraction of sp³-hybridized carbons (Fsp3) is 0.125. The molecule has 1 aromatic heterocycles. The molecule has 0 amide bonds. The van der Waals surface area contributed by atoms with Crippen LogP contribution in [-0.2, 0) is 0 Å². The second-order valence-corrected chi connectivity index (χ2v) is 3.86. The first kappa shape index (κ1) is 8.08. The summed E-state index contributed by atoms with van der Waals surface area (Å²) in [6, 6.07) is 3.96. The molecule has 1 heterocycles. The zero-order chi connectivity index (χ0) is 8.72. The summed E-state index contributed by atoms with van der Waals surface area (Å²) in [7, 11) is 0. The average Bonchev–Trinajstić information content (AvgIpc) is 2.30. The van der Waals surface area contributed by atoms with Crippen molar-refractivity contribution in [3.8, 4) is 0 Å². The van der Waals surface area contributed by atoms with Crippen molar-refractivity contribution in [2.75, 3.05) is 0 Å². The third kappa shape index (κ3) is 1.23. The average molecular weight is 246 g/mol. The molecule has 0 atom stereocenters. The Labute approximate surface area is 83.1 Å². The first-order chi connectivity index (χ1) is 5.66. The lowest BCUT2D eigenvalue weighted by Gasteiger charge is -1.95. The minimum Gasteiger partial charge on any atom is -0.329 e. The highest BCUT2D eigenvalue weighted by atomic mass is 79.9. The number of aryl methyl sites for hydroxylation is 1. The number of hydrogen-bond donors (Lipinski definition) is 1. The van der Waals surface area contributed by atoms with Crippen LogP contribution in [-0.4, -0.2) is 9.97 Å². The van der Waals surface area contributed by atoms with E-state index in [1.807, 2.05) is 19.1 Å². The summed E-state index contributed by atoms with van der Waals surface area (Å²) < 4.78 is 1.05. The van der Waals surface area contributed by atoms with Crippen LogP contribution >= 0.6 is 27.5 Å². The molecule has 0 radical (unpaired) electrons. The highest BCUT2D eigenvalue weighted by Gasteiger charge is 2.02. The Hall–Kier alpha value is -0.540. The van der Waals surface area contributed by atoms with E-state index in [0.717, 1.165) is 15.5 Å². The lowest BCUT2D eigenvalue weighted by molar-refractivity contribution is 1.34. The number of rotatable bonds is 0. The third-order valence-electron chi connectivity index (χ3n) is 1.73. The van der Waals surface area contributed by atoms with E-state index in [9.17, 15) is 0 Å². The van der Waals surface area contributed by atoms with Crippen molar-refractivity contribution in [2.45, 2.75) is 6.92 Å². The monoisotopic (exact) mass is 244 g/mol. The molecule has 0 aliphatic heterocycles. The molecule has 0 aliphatic carbocycles. The second kappa shape index (κ2) is 2.75. The van der Waals surface area contributed by atoms with Crippen LogP contribution in [0.4, 0.5) is 0 Å². The lowest BCUT2D eigenvalue weighted by atomic mass is 10.2. The Morgan fingerprint density at radius 2 is 2.25 bits per heavy atom. The van der Waals surface area contributed by atoms with E-state index >= 15 is 0 Å². The van der Waals surface area contributed by atoms with Crippen LogP contribution in [0.1, 0.15) is 5.56 Å². The number of H-pyrrole nitrogens is 1. The minimum absolute atomic E-state index is 0.433. The molecule has 0 fully saturated rings. The van der Waals surface area contributed by atoms with Gasteiger partial charge in [-0.25, -0.2) is 4.98 Å². The predicted octanol–water partition coefficient (Wildman–Crippen LogP) is 3.29. The molecule has 0 spiro atoms. The minimum atomic E-state index is 0.433. The van der Waals surface area contributed by atoms with Gasteiger partial charge in [-0.3, -0.25) is 0 Å². The zero-order valence-corrected chi connectivity index (χ0v) is 8.70. The summed E-state index contributed by atoms with van der Waals surface area (Å²) in [4.78, 5) is 7.05. The second-order valence-electron chi connectivity index (χ2n) is 2.65. The van der Waals surface area contributed by atoms with E-state index < -0.39 is 0 Å². The third-order valence-corrected chi connectivity index (χ3v) is 2.77. The summed E-state index contributed by atoms with van der Waals surface area (Å²) in [6.45, 7) is 2.03. The summed E-state index contributed by atoms with van der Waals surface area (Å²) in [5.74, 6) is 0. The number of aromatic amines is 1. The summed E-state index contributed by atoms with van der Waals surface area (Å²) in [5, 5.41) is 0.433. The van der Waals surface area contributed by atoms with E-state index in [4.69, 9.17) is 11.6 Å². The normalized spacial score (nSPS) is 10.9. The quantitative estimate of drug-likeness (QED) is 0.758. The molecule has 1 N–H and O–H groups in total. The van der Waals surface area contributed by atoms with Crippen molar-refractivity contribution in [2.24, 2.45) is 0 Å². The molecule has 0 saturated heterocycles. The molecule has 2 nitrogen and oxygen atoms in total. The standard InChI is InChI=1S/C8H6BrClN2/c1-4-2-6-7(3-5(4)9)12-8(10)11-6/h2-3H,1H3,(H,11,12). The maximum atomic E-state index is 5.71. The van der Waals surface area contributed by atoms with Crippen LogP contribution in [0, 0.1) is 6.92 Å².